The highest BCUT2D eigenvalue weighted by Gasteiger charge is 2.15. The van der Waals surface area contributed by atoms with Gasteiger partial charge in [-0.25, -0.2) is 4.39 Å². The van der Waals surface area contributed by atoms with Gasteiger partial charge < -0.3 is 15.7 Å². The number of carbonyl (C=O) groups is 1. The highest BCUT2D eigenvalue weighted by atomic mass is 19.1. The summed E-state index contributed by atoms with van der Waals surface area (Å²) in [5, 5.41) is 15.3. The summed E-state index contributed by atoms with van der Waals surface area (Å²) in [7, 11) is 0. The third-order valence-electron chi connectivity index (χ3n) is 3.38. The maximum absolute atomic E-state index is 13.3. The summed E-state index contributed by atoms with van der Waals surface area (Å²) in [6.45, 7) is 4.47. The second kappa shape index (κ2) is 8.66. The van der Waals surface area contributed by atoms with E-state index in [-0.39, 0.29) is 24.1 Å². The number of benzene rings is 1. The normalized spacial score (nSPS) is 12.4. The molecule has 0 heterocycles. The predicted octanol–water partition coefficient (Wildman–Crippen LogP) is 2.15. The molecule has 0 aromatic heterocycles. The fourth-order valence-electron chi connectivity index (χ4n) is 2.09. The Morgan fingerprint density at radius 3 is 2.55 bits per heavy atom. The van der Waals surface area contributed by atoms with E-state index in [0.29, 0.717) is 6.54 Å². The van der Waals surface area contributed by atoms with Crippen molar-refractivity contribution in [3.8, 4) is 0 Å². The van der Waals surface area contributed by atoms with E-state index in [1.807, 2.05) is 13.8 Å². The predicted molar refractivity (Wildman–Crippen MR) is 78.0 cm³/mol. The summed E-state index contributed by atoms with van der Waals surface area (Å²) < 4.78 is 13.3. The summed E-state index contributed by atoms with van der Waals surface area (Å²) in [6, 6.07) is 6.02. The Bertz CT molecular complexity index is 422. The van der Waals surface area contributed by atoms with Crippen LogP contribution in [0.1, 0.15) is 26.7 Å². The summed E-state index contributed by atoms with van der Waals surface area (Å²) in [5.74, 6) is -0.554. The molecule has 0 aliphatic carbocycles. The van der Waals surface area contributed by atoms with Crippen LogP contribution in [0.5, 0.6) is 0 Å². The number of hydrogen-bond acceptors (Lipinski definition) is 3. The second-order valence-corrected chi connectivity index (χ2v) is 4.80. The van der Waals surface area contributed by atoms with Crippen LogP contribution in [0.15, 0.2) is 24.3 Å². The Morgan fingerprint density at radius 1 is 1.30 bits per heavy atom. The van der Waals surface area contributed by atoms with Crippen LogP contribution in [0.4, 0.5) is 10.1 Å². The maximum atomic E-state index is 13.3. The number of aliphatic hydroxyl groups excluding tert-OH is 1. The molecule has 0 saturated heterocycles. The van der Waals surface area contributed by atoms with Gasteiger partial charge in [-0.3, -0.25) is 4.79 Å². The second-order valence-electron chi connectivity index (χ2n) is 4.80. The minimum absolute atomic E-state index is 0.0472. The highest BCUT2D eigenvalue weighted by Crippen LogP contribution is 2.13. The van der Waals surface area contributed by atoms with Crippen molar-refractivity contribution in [3.63, 3.8) is 0 Å². The molecule has 1 atom stereocenters. The Kier molecular flexibility index (Phi) is 7.18. The quantitative estimate of drug-likeness (QED) is 0.684. The average molecular weight is 282 g/mol. The smallest absolute Gasteiger partial charge is 0.238 e. The van der Waals surface area contributed by atoms with Gasteiger partial charge in [0.15, 0.2) is 0 Å². The summed E-state index contributed by atoms with van der Waals surface area (Å²) in [6.07, 6.45) is 1.34. The zero-order valence-electron chi connectivity index (χ0n) is 12.0. The molecular weight excluding hydrogens is 259 g/mol. The maximum Gasteiger partial charge on any atom is 0.238 e. The van der Waals surface area contributed by atoms with Crippen LogP contribution in [0.2, 0.25) is 0 Å². The highest BCUT2D eigenvalue weighted by molar-refractivity contribution is 5.92. The SMILES string of the molecule is CCC(CC)C(O)CNCC(=O)Nc1ccccc1F. The Labute approximate surface area is 119 Å². The summed E-state index contributed by atoms with van der Waals surface area (Å²) in [5.41, 5.74) is 0.167. The van der Waals surface area contributed by atoms with E-state index >= 15 is 0 Å². The van der Waals surface area contributed by atoms with Gasteiger partial charge in [0.25, 0.3) is 0 Å². The van der Waals surface area contributed by atoms with Crippen molar-refractivity contribution in [2.75, 3.05) is 18.4 Å². The molecule has 0 aliphatic rings. The molecule has 4 nitrogen and oxygen atoms in total. The third-order valence-corrected chi connectivity index (χ3v) is 3.38. The van der Waals surface area contributed by atoms with E-state index in [0.717, 1.165) is 12.8 Å². The van der Waals surface area contributed by atoms with Crippen molar-refractivity contribution >= 4 is 11.6 Å². The largest absolute Gasteiger partial charge is 0.392 e. The van der Waals surface area contributed by atoms with Gasteiger partial charge in [-0.1, -0.05) is 38.8 Å². The lowest BCUT2D eigenvalue weighted by Gasteiger charge is -2.20. The lowest BCUT2D eigenvalue weighted by molar-refractivity contribution is -0.115. The molecule has 0 bridgehead atoms. The van der Waals surface area contributed by atoms with Crippen LogP contribution in [0.3, 0.4) is 0 Å². The summed E-state index contributed by atoms with van der Waals surface area (Å²) in [4.78, 5) is 11.6. The fraction of sp³-hybridized carbons (Fsp3) is 0.533. The number of carbonyl (C=O) groups excluding carboxylic acids is 1. The third kappa shape index (κ3) is 5.27. The van der Waals surface area contributed by atoms with Gasteiger partial charge >= 0.3 is 0 Å². The van der Waals surface area contributed by atoms with Crippen LogP contribution in [0.25, 0.3) is 0 Å². The van der Waals surface area contributed by atoms with Gasteiger partial charge in [0.2, 0.25) is 5.91 Å². The van der Waals surface area contributed by atoms with Crippen LogP contribution in [-0.4, -0.2) is 30.2 Å². The molecule has 0 saturated carbocycles. The first kappa shape index (κ1) is 16.6. The number of amides is 1. The first-order valence-corrected chi connectivity index (χ1v) is 7.01. The molecule has 1 rings (SSSR count). The topological polar surface area (TPSA) is 61.4 Å². The Morgan fingerprint density at radius 2 is 1.95 bits per heavy atom. The van der Waals surface area contributed by atoms with Gasteiger partial charge in [-0.15, -0.1) is 0 Å². The zero-order chi connectivity index (χ0) is 15.0. The molecule has 1 aromatic carbocycles. The number of rotatable bonds is 8. The van der Waals surface area contributed by atoms with Gasteiger partial charge in [0, 0.05) is 6.54 Å². The number of para-hydroxylation sites is 1. The first-order valence-electron chi connectivity index (χ1n) is 7.01. The van der Waals surface area contributed by atoms with E-state index in [9.17, 15) is 14.3 Å². The molecule has 1 amide bonds. The van der Waals surface area contributed by atoms with E-state index < -0.39 is 11.9 Å². The minimum atomic E-state index is -0.466. The fourth-order valence-corrected chi connectivity index (χ4v) is 2.09. The van der Waals surface area contributed by atoms with Crippen molar-refractivity contribution in [1.82, 2.24) is 5.32 Å². The minimum Gasteiger partial charge on any atom is -0.392 e. The van der Waals surface area contributed by atoms with E-state index in [4.69, 9.17) is 0 Å². The number of anilines is 1. The van der Waals surface area contributed by atoms with Crippen molar-refractivity contribution in [2.24, 2.45) is 5.92 Å². The number of hydrogen-bond donors (Lipinski definition) is 3. The van der Waals surface area contributed by atoms with Gasteiger partial charge in [0.05, 0.1) is 18.3 Å². The number of nitrogens with one attached hydrogen (secondary N) is 2. The molecular formula is C15H23FN2O2. The van der Waals surface area contributed by atoms with Gasteiger partial charge in [0.1, 0.15) is 5.82 Å². The first-order chi connectivity index (χ1) is 9.58. The average Bonchev–Trinajstić information content (AvgIpc) is 2.43. The molecule has 0 fully saturated rings. The van der Waals surface area contributed by atoms with E-state index in [1.54, 1.807) is 12.1 Å². The van der Waals surface area contributed by atoms with E-state index in [2.05, 4.69) is 10.6 Å². The van der Waals surface area contributed by atoms with Crippen molar-refractivity contribution < 1.29 is 14.3 Å². The van der Waals surface area contributed by atoms with Crippen LogP contribution in [0, 0.1) is 11.7 Å². The summed E-state index contributed by atoms with van der Waals surface area (Å²) >= 11 is 0. The van der Waals surface area contributed by atoms with Crippen molar-refractivity contribution in [2.45, 2.75) is 32.8 Å². The molecule has 0 spiro atoms. The molecule has 1 unspecified atom stereocenters. The van der Waals surface area contributed by atoms with Crippen molar-refractivity contribution in [1.29, 1.82) is 0 Å². The molecule has 0 aliphatic heterocycles. The molecule has 0 radical (unpaired) electrons. The lowest BCUT2D eigenvalue weighted by Crippen LogP contribution is -2.37. The molecule has 5 heteroatoms. The standard InChI is InChI=1S/C15H23FN2O2/c1-3-11(4-2)14(19)9-17-10-15(20)18-13-8-6-5-7-12(13)16/h5-8,11,14,17,19H,3-4,9-10H2,1-2H3,(H,18,20). The molecule has 20 heavy (non-hydrogen) atoms. The van der Waals surface area contributed by atoms with Crippen molar-refractivity contribution in [3.05, 3.63) is 30.1 Å². The molecule has 112 valence electrons. The number of aliphatic hydroxyl groups is 1. The van der Waals surface area contributed by atoms with Crippen LogP contribution < -0.4 is 10.6 Å². The monoisotopic (exact) mass is 282 g/mol. The zero-order valence-corrected chi connectivity index (χ0v) is 12.0. The molecule has 1 aromatic rings. The Balaban J connectivity index is 2.32. The van der Waals surface area contributed by atoms with Gasteiger partial charge in [-0.05, 0) is 18.1 Å². The van der Waals surface area contributed by atoms with Crippen LogP contribution in [-0.2, 0) is 4.79 Å². The van der Waals surface area contributed by atoms with Gasteiger partial charge in [-0.2, -0.15) is 0 Å². The molecule has 3 N–H and O–H groups in total. The van der Waals surface area contributed by atoms with E-state index in [1.165, 1.54) is 12.1 Å². The number of halogens is 1. The lowest BCUT2D eigenvalue weighted by atomic mass is 9.97. The Hall–Kier alpha value is -1.46. The van der Waals surface area contributed by atoms with Crippen LogP contribution >= 0.6 is 0 Å².